The fraction of sp³-hybridized carbons (Fsp3) is 0.571. The third-order valence-electron chi connectivity index (χ3n) is 9.09. The topological polar surface area (TPSA) is 182 Å². The summed E-state index contributed by atoms with van der Waals surface area (Å²) >= 11 is 0. The van der Waals surface area contributed by atoms with Crippen molar-refractivity contribution in [2.45, 2.75) is 102 Å². The number of benzene rings is 1. The van der Waals surface area contributed by atoms with Crippen LogP contribution in [0.3, 0.4) is 0 Å². The fourth-order valence-electron chi connectivity index (χ4n) is 6.13. The van der Waals surface area contributed by atoms with Crippen LogP contribution in [0.25, 0.3) is 10.8 Å². The summed E-state index contributed by atoms with van der Waals surface area (Å²) in [5.74, 6) is -1.75. The van der Waals surface area contributed by atoms with Crippen LogP contribution in [0.4, 0.5) is 4.79 Å². The Morgan fingerprint density at radius 2 is 1.80 bits per heavy atom. The Hall–Kier alpha value is -4.40. The molecule has 3 aliphatic rings. The number of alkyl carbamates (subject to hydrolysis) is 1. The molecular formula is C35H47N5O9S. The van der Waals surface area contributed by atoms with E-state index in [-0.39, 0.29) is 25.3 Å². The molecule has 1 aromatic carbocycles. The number of pyridine rings is 1. The lowest BCUT2D eigenvalue weighted by Crippen LogP contribution is -2.60. The van der Waals surface area contributed by atoms with E-state index >= 15 is 0 Å². The number of hydrogen-bond acceptors (Lipinski definition) is 10. The number of carbonyl (C=O) groups is 4. The zero-order valence-electron chi connectivity index (χ0n) is 29.6. The third kappa shape index (κ3) is 7.98. The molecule has 5 atom stereocenters. The van der Waals surface area contributed by atoms with E-state index in [2.05, 4.69) is 26.9 Å². The first-order chi connectivity index (χ1) is 23.3. The van der Waals surface area contributed by atoms with Gasteiger partial charge in [0, 0.05) is 23.9 Å². The molecule has 272 valence electrons. The molecule has 1 saturated heterocycles. The van der Waals surface area contributed by atoms with Crippen LogP contribution in [0.1, 0.15) is 67.2 Å². The van der Waals surface area contributed by atoms with Crippen molar-refractivity contribution in [1.29, 1.82) is 0 Å². The molecule has 0 radical (unpaired) electrons. The van der Waals surface area contributed by atoms with Crippen LogP contribution in [-0.4, -0.2) is 90.3 Å². The molecule has 2 heterocycles. The number of nitrogens with zero attached hydrogens (tertiary/aromatic N) is 2. The van der Waals surface area contributed by atoms with Crippen LogP contribution in [-0.2, 0) is 29.1 Å². The number of sulfonamides is 1. The van der Waals surface area contributed by atoms with Crippen LogP contribution < -0.4 is 24.8 Å². The van der Waals surface area contributed by atoms with Gasteiger partial charge in [0.15, 0.2) is 0 Å². The van der Waals surface area contributed by atoms with E-state index in [1.807, 2.05) is 18.2 Å². The first-order valence-corrected chi connectivity index (χ1v) is 18.2. The van der Waals surface area contributed by atoms with Gasteiger partial charge in [-0.25, -0.2) is 18.2 Å². The third-order valence-corrected chi connectivity index (χ3v) is 10.9. The summed E-state index contributed by atoms with van der Waals surface area (Å²) in [5.41, 5.74) is -3.20. The Bertz CT molecular complexity index is 1800. The molecule has 15 heteroatoms. The summed E-state index contributed by atoms with van der Waals surface area (Å²) in [4.78, 5) is 60.7. The van der Waals surface area contributed by atoms with Crippen LogP contribution in [0.15, 0.2) is 43.1 Å². The molecule has 3 N–H and O–H groups in total. The molecule has 1 aromatic heterocycles. The van der Waals surface area contributed by atoms with E-state index < -0.39 is 79.7 Å². The first kappa shape index (κ1) is 36.9. The number of likely N-dealkylation sites (tertiary alicyclic amines) is 1. The first-order valence-electron chi connectivity index (χ1n) is 16.7. The standard InChI is InChI=1S/C35H47N5O9S/c1-9-21-18-35(21,31(43)39-50(45,46)24-12-13-24)38-28(41)26-17-23(48-29-25-16-22(47-8)11-10-20(25)14-15-36-29)19-40(26)30(42)27(33(2,3)4)37-32(44)49-34(5,6)7/h9-11,14-16,21,23-24,26-27H,1,12-13,17-19H2,2-8H3,(H,37,44)(H,38,41)(H,39,43)/t21-,23-,26-,27-,35-/m1/s1. The molecule has 2 aromatic rings. The maximum Gasteiger partial charge on any atom is 0.408 e. The number of methoxy groups -OCH3 is 1. The van der Waals surface area contributed by atoms with E-state index in [9.17, 15) is 27.6 Å². The maximum atomic E-state index is 14.4. The fourth-order valence-corrected chi connectivity index (χ4v) is 7.50. The number of carbonyl (C=O) groups excluding carboxylic acids is 4. The Morgan fingerprint density at radius 1 is 1.10 bits per heavy atom. The van der Waals surface area contributed by atoms with Crippen molar-refractivity contribution in [3.8, 4) is 11.6 Å². The molecule has 4 amide bonds. The molecular weight excluding hydrogens is 666 g/mol. The Balaban J connectivity index is 1.45. The average Bonchev–Trinajstić information content (AvgIpc) is 3.95. The zero-order valence-corrected chi connectivity index (χ0v) is 30.4. The summed E-state index contributed by atoms with van der Waals surface area (Å²) in [6, 6.07) is 4.99. The highest BCUT2D eigenvalue weighted by Gasteiger charge is 2.62. The number of amides is 4. The van der Waals surface area contributed by atoms with Crippen molar-refractivity contribution >= 4 is 44.6 Å². The Kier molecular flexibility index (Phi) is 9.87. The average molecular weight is 714 g/mol. The van der Waals surface area contributed by atoms with E-state index in [4.69, 9.17) is 14.2 Å². The zero-order chi connectivity index (χ0) is 36.8. The monoisotopic (exact) mass is 713 g/mol. The molecule has 0 bridgehead atoms. The SMILES string of the molecule is C=C[C@@H]1C[C@]1(NC(=O)[C@H]1C[C@@H](Oc2nccc3ccc(OC)cc23)CN1C(=O)[C@@H](NC(=O)OC(C)(C)C)C(C)(C)C)C(=O)NS(=O)(=O)C1CC1. The lowest BCUT2D eigenvalue weighted by Gasteiger charge is -2.36. The van der Waals surface area contributed by atoms with E-state index in [1.165, 1.54) is 11.0 Å². The second kappa shape index (κ2) is 13.4. The summed E-state index contributed by atoms with van der Waals surface area (Å²) in [6.45, 7) is 14.1. The van der Waals surface area contributed by atoms with Crippen molar-refractivity contribution in [3.63, 3.8) is 0 Å². The number of nitrogens with one attached hydrogen (secondary N) is 3. The van der Waals surface area contributed by atoms with E-state index in [0.717, 1.165) is 5.39 Å². The van der Waals surface area contributed by atoms with Gasteiger partial charge in [-0.2, -0.15) is 0 Å². The van der Waals surface area contributed by atoms with Gasteiger partial charge in [0.2, 0.25) is 27.7 Å². The molecule has 3 fully saturated rings. The van der Waals surface area contributed by atoms with Gasteiger partial charge < -0.3 is 29.7 Å². The molecule has 14 nitrogen and oxygen atoms in total. The van der Waals surface area contributed by atoms with Crippen LogP contribution >= 0.6 is 0 Å². The molecule has 50 heavy (non-hydrogen) atoms. The number of fused-ring (bicyclic) bond motifs is 1. The van der Waals surface area contributed by atoms with Gasteiger partial charge in [0.1, 0.15) is 35.1 Å². The highest BCUT2D eigenvalue weighted by atomic mass is 32.2. The Labute approximate surface area is 292 Å². The predicted molar refractivity (Wildman–Crippen MR) is 185 cm³/mol. The smallest absolute Gasteiger partial charge is 0.408 e. The van der Waals surface area contributed by atoms with Crippen LogP contribution in [0, 0.1) is 11.3 Å². The van der Waals surface area contributed by atoms with Gasteiger partial charge in [0.25, 0.3) is 5.91 Å². The molecule has 0 unspecified atom stereocenters. The molecule has 2 saturated carbocycles. The second-order valence-corrected chi connectivity index (χ2v) is 17.3. The molecule has 1 aliphatic heterocycles. The lowest BCUT2D eigenvalue weighted by atomic mass is 9.85. The highest BCUT2D eigenvalue weighted by molar-refractivity contribution is 7.91. The normalized spacial score (nSPS) is 24.1. The van der Waals surface area contributed by atoms with Crippen molar-refractivity contribution in [1.82, 2.24) is 25.2 Å². The number of ether oxygens (including phenoxy) is 3. The molecule has 0 spiro atoms. The van der Waals surface area contributed by atoms with Gasteiger partial charge >= 0.3 is 6.09 Å². The lowest BCUT2D eigenvalue weighted by molar-refractivity contribution is -0.143. The largest absolute Gasteiger partial charge is 0.497 e. The molecule has 5 rings (SSSR count). The van der Waals surface area contributed by atoms with Crippen LogP contribution in [0.2, 0.25) is 0 Å². The highest BCUT2D eigenvalue weighted by Crippen LogP contribution is 2.45. The number of hydrogen-bond donors (Lipinski definition) is 3. The minimum Gasteiger partial charge on any atom is -0.497 e. The van der Waals surface area contributed by atoms with Crippen molar-refractivity contribution in [2.24, 2.45) is 11.3 Å². The second-order valence-electron chi connectivity index (χ2n) is 15.3. The van der Waals surface area contributed by atoms with Gasteiger partial charge in [0.05, 0.1) is 18.9 Å². The van der Waals surface area contributed by atoms with Gasteiger partial charge in [-0.15, -0.1) is 6.58 Å². The van der Waals surface area contributed by atoms with Gasteiger partial charge in [-0.1, -0.05) is 32.9 Å². The summed E-state index contributed by atoms with van der Waals surface area (Å²) in [7, 11) is -2.35. The van der Waals surface area contributed by atoms with E-state index in [1.54, 1.807) is 60.9 Å². The molecule has 2 aliphatic carbocycles. The minimum absolute atomic E-state index is 0.0136. The quantitative estimate of drug-likeness (QED) is 0.293. The summed E-state index contributed by atoms with van der Waals surface area (Å²) < 4.78 is 44.7. The van der Waals surface area contributed by atoms with Gasteiger partial charge in [-0.05, 0) is 69.0 Å². The van der Waals surface area contributed by atoms with Crippen molar-refractivity contribution < 1.29 is 41.8 Å². The predicted octanol–water partition coefficient (Wildman–Crippen LogP) is 3.20. The maximum absolute atomic E-state index is 14.4. The number of aromatic nitrogens is 1. The van der Waals surface area contributed by atoms with Crippen molar-refractivity contribution in [2.75, 3.05) is 13.7 Å². The van der Waals surface area contributed by atoms with E-state index in [0.29, 0.717) is 24.0 Å². The number of rotatable bonds is 11. The summed E-state index contributed by atoms with van der Waals surface area (Å²) in [6.07, 6.45) is 2.63. The van der Waals surface area contributed by atoms with Gasteiger partial charge in [-0.3, -0.25) is 19.1 Å². The summed E-state index contributed by atoms with van der Waals surface area (Å²) in [5, 5.41) is 6.32. The van der Waals surface area contributed by atoms with Crippen molar-refractivity contribution in [3.05, 3.63) is 43.1 Å². The Morgan fingerprint density at radius 3 is 2.38 bits per heavy atom. The minimum atomic E-state index is -3.90. The van der Waals surface area contributed by atoms with Crippen LogP contribution in [0.5, 0.6) is 11.6 Å².